The Bertz CT molecular complexity index is 802. The number of nitrogens with one attached hydrogen (secondary N) is 1. The van der Waals surface area contributed by atoms with Gasteiger partial charge in [-0.2, -0.15) is 0 Å². The van der Waals surface area contributed by atoms with Crippen LogP contribution in [0.3, 0.4) is 0 Å². The van der Waals surface area contributed by atoms with Crippen LogP contribution in [-0.2, 0) is 4.79 Å². The Morgan fingerprint density at radius 2 is 1.84 bits per heavy atom. The van der Waals surface area contributed by atoms with E-state index in [1.54, 1.807) is 6.07 Å². The van der Waals surface area contributed by atoms with Gasteiger partial charge in [0, 0.05) is 23.9 Å². The van der Waals surface area contributed by atoms with Gasteiger partial charge in [-0.3, -0.25) is 14.9 Å². The van der Waals surface area contributed by atoms with Gasteiger partial charge in [0.2, 0.25) is 5.91 Å². The van der Waals surface area contributed by atoms with Gasteiger partial charge in [-0.15, -0.1) is 13.2 Å². The monoisotopic (exact) mass is 352 g/mol. The number of rotatable bonds is 5. The van der Waals surface area contributed by atoms with Crippen molar-refractivity contribution in [2.45, 2.75) is 6.36 Å². The second kappa shape index (κ2) is 7.47. The molecule has 2 aromatic rings. The van der Waals surface area contributed by atoms with Crippen LogP contribution in [-0.4, -0.2) is 17.2 Å². The lowest BCUT2D eigenvalue weighted by molar-refractivity contribution is -0.384. The van der Waals surface area contributed by atoms with Crippen LogP contribution in [0.15, 0.2) is 54.6 Å². The molecule has 0 spiro atoms. The highest BCUT2D eigenvalue weighted by Gasteiger charge is 2.30. The number of nitro benzene ring substituents is 1. The van der Waals surface area contributed by atoms with Gasteiger partial charge in [0.05, 0.1) is 4.92 Å². The number of non-ortho nitro benzene ring substituents is 1. The van der Waals surface area contributed by atoms with E-state index in [1.807, 2.05) is 0 Å². The summed E-state index contributed by atoms with van der Waals surface area (Å²) in [6.45, 7) is 0. The number of amides is 1. The van der Waals surface area contributed by atoms with Gasteiger partial charge in [-0.25, -0.2) is 0 Å². The van der Waals surface area contributed by atoms with Gasteiger partial charge >= 0.3 is 6.36 Å². The van der Waals surface area contributed by atoms with Crippen LogP contribution in [0.5, 0.6) is 5.75 Å². The molecule has 1 N–H and O–H groups in total. The predicted molar refractivity (Wildman–Crippen MR) is 83.9 cm³/mol. The van der Waals surface area contributed by atoms with Crippen molar-refractivity contribution in [3.63, 3.8) is 0 Å². The predicted octanol–water partition coefficient (Wildman–Crippen LogP) is 4.15. The second-order valence-corrected chi connectivity index (χ2v) is 4.75. The summed E-state index contributed by atoms with van der Waals surface area (Å²) in [5.74, 6) is -0.950. The van der Waals surface area contributed by atoms with Crippen molar-refractivity contribution in [2.24, 2.45) is 0 Å². The summed E-state index contributed by atoms with van der Waals surface area (Å²) < 4.78 is 39.9. The van der Waals surface area contributed by atoms with Crippen LogP contribution < -0.4 is 10.1 Å². The van der Waals surface area contributed by atoms with Crippen LogP contribution in [0.25, 0.3) is 6.08 Å². The summed E-state index contributed by atoms with van der Waals surface area (Å²) in [5, 5.41) is 13.1. The number of anilines is 1. The van der Waals surface area contributed by atoms with E-state index in [0.717, 1.165) is 18.2 Å². The summed E-state index contributed by atoms with van der Waals surface area (Å²) in [6, 6.07) is 10.3. The summed E-state index contributed by atoms with van der Waals surface area (Å²) in [5.41, 5.74) is 0.615. The molecule has 0 heterocycles. The summed E-state index contributed by atoms with van der Waals surface area (Å²) in [6.07, 6.45) is -2.26. The molecule has 0 unspecified atom stereocenters. The number of nitro groups is 1. The van der Waals surface area contributed by atoms with Crippen LogP contribution in [0, 0.1) is 10.1 Å². The van der Waals surface area contributed by atoms with E-state index < -0.39 is 22.9 Å². The highest BCUT2D eigenvalue weighted by atomic mass is 19.4. The number of carbonyl (C=O) groups is 1. The zero-order valence-electron chi connectivity index (χ0n) is 12.5. The van der Waals surface area contributed by atoms with E-state index in [-0.39, 0.29) is 11.4 Å². The standard InChI is InChI=1S/C16H11F3N2O4/c17-16(18,19)25-14-7-5-12(6-8-14)20-15(22)9-4-11-2-1-3-13(10-11)21(23)24/h1-10H,(H,20,22)/b9-4+. The summed E-state index contributed by atoms with van der Waals surface area (Å²) >= 11 is 0. The SMILES string of the molecule is O=C(/C=C/c1cccc([N+](=O)[O-])c1)Nc1ccc(OC(F)(F)F)cc1. The Morgan fingerprint density at radius 1 is 1.16 bits per heavy atom. The molecule has 0 aliphatic carbocycles. The minimum absolute atomic E-state index is 0.109. The minimum atomic E-state index is -4.79. The maximum atomic E-state index is 12.0. The van der Waals surface area contributed by atoms with Crippen molar-refractivity contribution in [1.82, 2.24) is 0 Å². The molecule has 0 radical (unpaired) electrons. The lowest BCUT2D eigenvalue weighted by Gasteiger charge is -2.09. The Balaban J connectivity index is 1.98. The van der Waals surface area contributed by atoms with E-state index in [2.05, 4.69) is 10.1 Å². The smallest absolute Gasteiger partial charge is 0.406 e. The van der Waals surface area contributed by atoms with Gasteiger partial charge in [0.25, 0.3) is 5.69 Å². The highest BCUT2D eigenvalue weighted by Crippen LogP contribution is 2.24. The molecule has 0 saturated heterocycles. The maximum Gasteiger partial charge on any atom is 0.573 e. The first kappa shape index (κ1) is 18.0. The Kier molecular flexibility index (Phi) is 5.38. The maximum absolute atomic E-state index is 12.0. The molecule has 0 aliphatic rings. The number of nitrogens with zero attached hydrogens (tertiary/aromatic N) is 1. The molecule has 0 aliphatic heterocycles. The molecular weight excluding hydrogens is 341 g/mol. The van der Waals surface area contributed by atoms with E-state index in [9.17, 15) is 28.1 Å². The lowest BCUT2D eigenvalue weighted by Crippen LogP contribution is -2.17. The molecule has 6 nitrogen and oxygen atoms in total. The summed E-state index contributed by atoms with van der Waals surface area (Å²) in [4.78, 5) is 21.9. The van der Waals surface area contributed by atoms with Crippen molar-refractivity contribution in [3.05, 3.63) is 70.3 Å². The van der Waals surface area contributed by atoms with Crippen molar-refractivity contribution in [2.75, 3.05) is 5.32 Å². The largest absolute Gasteiger partial charge is 0.573 e. The molecule has 130 valence electrons. The molecule has 0 bridgehead atoms. The number of halogens is 3. The number of hydrogen-bond acceptors (Lipinski definition) is 4. The molecule has 0 saturated carbocycles. The molecule has 25 heavy (non-hydrogen) atoms. The first-order valence-electron chi connectivity index (χ1n) is 6.82. The Labute approximate surface area is 139 Å². The average molecular weight is 352 g/mol. The van der Waals surface area contributed by atoms with Crippen LogP contribution >= 0.6 is 0 Å². The minimum Gasteiger partial charge on any atom is -0.406 e. The topological polar surface area (TPSA) is 81.5 Å². The first-order chi connectivity index (χ1) is 11.7. The zero-order chi connectivity index (χ0) is 18.4. The second-order valence-electron chi connectivity index (χ2n) is 4.75. The highest BCUT2D eigenvalue weighted by molar-refractivity contribution is 6.01. The van der Waals surface area contributed by atoms with E-state index in [1.165, 1.54) is 36.4 Å². The molecule has 2 rings (SSSR count). The average Bonchev–Trinajstić information content (AvgIpc) is 2.54. The Morgan fingerprint density at radius 3 is 2.44 bits per heavy atom. The van der Waals surface area contributed by atoms with E-state index in [0.29, 0.717) is 5.56 Å². The lowest BCUT2D eigenvalue weighted by atomic mass is 10.2. The zero-order valence-corrected chi connectivity index (χ0v) is 12.5. The number of benzene rings is 2. The van der Waals surface area contributed by atoms with Crippen molar-refractivity contribution >= 4 is 23.4 Å². The first-order valence-corrected chi connectivity index (χ1v) is 6.82. The third-order valence-electron chi connectivity index (χ3n) is 2.86. The number of ether oxygens (including phenoxy) is 1. The molecule has 0 fully saturated rings. The normalized spacial score (nSPS) is 11.3. The Hall–Kier alpha value is -3.36. The van der Waals surface area contributed by atoms with E-state index >= 15 is 0 Å². The molecule has 9 heteroatoms. The quantitative estimate of drug-likeness (QED) is 0.498. The molecule has 2 aromatic carbocycles. The molecular formula is C16H11F3N2O4. The van der Waals surface area contributed by atoms with Crippen molar-refractivity contribution in [1.29, 1.82) is 0 Å². The molecule has 1 amide bonds. The molecule has 0 aromatic heterocycles. The van der Waals surface area contributed by atoms with Gasteiger partial charge in [-0.1, -0.05) is 12.1 Å². The third-order valence-corrected chi connectivity index (χ3v) is 2.86. The van der Waals surface area contributed by atoms with Gasteiger partial charge in [0.1, 0.15) is 5.75 Å². The van der Waals surface area contributed by atoms with E-state index in [4.69, 9.17) is 0 Å². The van der Waals surface area contributed by atoms with Crippen LogP contribution in [0.4, 0.5) is 24.5 Å². The fourth-order valence-corrected chi connectivity index (χ4v) is 1.84. The van der Waals surface area contributed by atoms with Crippen LogP contribution in [0.1, 0.15) is 5.56 Å². The summed E-state index contributed by atoms with van der Waals surface area (Å²) in [7, 11) is 0. The van der Waals surface area contributed by atoms with Gasteiger partial charge < -0.3 is 10.1 Å². The van der Waals surface area contributed by atoms with Crippen LogP contribution in [0.2, 0.25) is 0 Å². The number of carbonyl (C=O) groups excluding carboxylic acids is 1. The fourth-order valence-electron chi connectivity index (χ4n) is 1.84. The number of alkyl halides is 3. The third kappa shape index (κ3) is 5.98. The van der Waals surface area contributed by atoms with Gasteiger partial charge in [0.15, 0.2) is 0 Å². The van der Waals surface area contributed by atoms with Gasteiger partial charge in [-0.05, 0) is 35.9 Å². The number of hydrogen-bond donors (Lipinski definition) is 1. The molecule has 0 atom stereocenters. The van der Waals surface area contributed by atoms with Crippen molar-refractivity contribution < 1.29 is 27.6 Å². The van der Waals surface area contributed by atoms with Crippen molar-refractivity contribution in [3.8, 4) is 5.75 Å². The fraction of sp³-hybridized carbons (Fsp3) is 0.0625.